The van der Waals surface area contributed by atoms with Crippen LogP contribution in [0.5, 0.6) is 11.5 Å². The minimum Gasteiger partial charge on any atom is -0.493 e. The van der Waals surface area contributed by atoms with E-state index in [0.717, 1.165) is 46.4 Å². The van der Waals surface area contributed by atoms with E-state index in [0.29, 0.717) is 31.9 Å². The first-order valence-corrected chi connectivity index (χ1v) is 13.3. The van der Waals surface area contributed by atoms with Crippen molar-refractivity contribution in [3.8, 4) is 11.5 Å². The summed E-state index contributed by atoms with van der Waals surface area (Å²) in [6.45, 7) is 14.3. The number of para-hydroxylation sites is 1. The molecule has 1 heterocycles. The third-order valence-electron chi connectivity index (χ3n) is 6.76. The molecule has 5 nitrogen and oxygen atoms in total. The van der Waals surface area contributed by atoms with Gasteiger partial charge in [-0.15, -0.1) is 0 Å². The lowest BCUT2D eigenvalue weighted by Crippen LogP contribution is -2.49. The third kappa shape index (κ3) is 6.40. The second-order valence-corrected chi connectivity index (χ2v) is 10.9. The summed E-state index contributed by atoms with van der Waals surface area (Å²) in [4.78, 5) is 17.7. The molecule has 0 N–H and O–H groups in total. The predicted octanol–water partition coefficient (Wildman–Crippen LogP) is 6.89. The second-order valence-electron chi connectivity index (χ2n) is 10.5. The van der Waals surface area contributed by atoms with E-state index in [1.165, 1.54) is 5.56 Å². The van der Waals surface area contributed by atoms with Crippen molar-refractivity contribution in [3.63, 3.8) is 0 Å². The van der Waals surface area contributed by atoms with Gasteiger partial charge in [0.2, 0.25) is 0 Å². The summed E-state index contributed by atoms with van der Waals surface area (Å²) in [5.74, 6) is 1.62. The van der Waals surface area contributed by atoms with Crippen LogP contribution in [0.1, 0.15) is 54.7 Å². The number of amides is 1. The zero-order chi connectivity index (χ0) is 26.6. The Labute approximate surface area is 225 Å². The van der Waals surface area contributed by atoms with Gasteiger partial charge in [0.25, 0.3) is 5.91 Å². The fourth-order valence-electron chi connectivity index (χ4n) is 4.75. The minimum atomic E-state index is -0.0388. The molecule has 0 saturated carbocycles. The van der Waals surface area contributed by atoms with E-state index in [-0.39, 0.29) is 11.3 Å². The van der Waals surface area contributed by atoms with Gasteiger partial charge in [-0.05, 0) is 66.8 Å². The summed E-state index contributed by atoms with van der Waals surface area (Å²) in [5.41, 5.74) is 4.95. The summed E-state index contributed by atoms with van der Waals surface area (Å²) >= 11 is 6.23. The van der Waals surface area contributed by atoms with E-state index in [9.17, 15) is 4.79 Å². The number of halogens is 1. The molecule has 1 saturated heterocycles. The predicted molar refractivity (Wildman–Crippen MR) is 151 cm³/mol. The number of benzene rings is 3. The van der Waals surface area contributed by atoms with Crippen molar-refractivity contribution in [1.29, 1.82) is 0 Å². The van der Waals surface area contributed by atoms with Crippen molar-refractivity contribution in [3.05, 3.63) is 87.9 Å². The highest BCUT2D eigenvalue weighted by Crippen LogP contribution is 2.32. The summed E-state index contributed by atoms with van der Waals surface area (Å²) in [6, 6.07) is 19.7. The Bertz CT molecular complexity index is 1240. The SMILES string of the molecule is CCOc1ccc(C(=O)N2CCN(c3cc(Cl)ccc3C)CC2)cc1COc1ccccc1C(C)(C)C. The first-order valence-electron chi connectivity index (χ1n) is 13.0. The Kier molecular flexibility index (Phi) is 8.33. The molecule has 0 aromatic heterocycles. The van der Waals surface area contributed by atoms with E-state index in [2.05, 4.69) is 38.7 Å². The van der Waals surface area contributed by atoms with Crippen molar-refractivity contribution in [1.82, 2.24) is 4.90 Å². The Morgan fingerprint density at radius 3 is 2.35 bits per heavy atom. The molecule has 4 rings (SSSR count). The van der Waals surface area contributed by atoms with Crippen LogP contribution in [0.4, 0.5) is 5.69 Å². The van der Waals surface area contributed by atoms with Gasteiger partial charge in [0, 0.05) is 48.0 Å². The van der Waals surface area contributed by atoms with Crippen molar-refractivity contribution >= 4 is 23.2 Å². The van der Waals surface area contributed by atoms with Crippen LogP contribution in [0.2, 0.25) is 5.02 Å². The van der Waals surface area contributed by atoms with Crippen molar-refractivity contribution in [2.45, 2.75) is 46.6 Å². The molecule has 6 heteroatoms. The van der Waals surface area contributed by atoms with Crippen LogP contribution in [0.15, 0.2) is 60.7 Å². The van der Waals surface area contributed by atoms with Crippen LogP contribution < -0.4 is 14.4 Å². The van der Waals surface area contributed by atoms with Gasteiger partial charge < -0.3 is 19.3 Å². The highest BCUT2D eigenvalue weighted by atomic mass is 35.5. The van der Waals surface area contributed by atoms with Crippen LogP contribution in [0, 0.1) is 6.92 Å². The standard InChI is InChI=1S/C31H37ClN2O3/c1-6-36-28-14-12-23(19-24(28)21-37-29-10-8-7-9-26(29)31(3,4)5)30(35)34-17-15-33(16-18-34)27-20-25(32)13-11-22(27)2/h7-14,19-20H,6,15-18,21H2,1-5H3. The number of ether oxygens (including phenoxy) is 2. The van der Waals surface area contributed by atoms with E-state index >= 15 is 0 Å². The van der Waals surface area contributed by atoms with Gasteiger partial charge in [-0.1, -0.05) is 56.6 Å². The molecule has 3 aromatic rings. The Morgan fingerprint density at radius 2 is 1.65 bits per heavy atom. The summed E-state index contributed by atoms with van der Waals surface area (Å²) in [7, 11) is 0. The number of hydrogen-bond acceptors (Lipinski definition) is 4. The van der Waals surface area contributed by atoms with Crippen LogP contribution in [0.3, 0.4) is 0 Å². The van der Waals surface area contributed by atoms with Crippen molar-refractivity contribution in [2.75, 3.05) is 37.7 Å². The van der Waals surface area contributed by atoms with Gasteiger partial charge in [0.1, 0.15) is 18.1 Å². The lowest BCUT2D eigenvalue weighted by atomic mass is 9.86. The van der Waals surface area contributed by atoms with Gasteiger partial charge in [-0.3, -0.25) is 4.79 Å². The van der Waals surface area contributed by atoms with Crippen LogP contribution in [-0.2, 0) is 12.0 Å². The first kappa shape index (κ1) is 26.9. The maximum atomic E-state index is 13.4. The lowest BCUT2D eigenvalue weighted by molar-refractivity contribution is 0.0746. The van der Waals surface area contributed by atoms with Crippen LogP contribution >= 0.6 is 11.6 Å². The molecule has 0 radical (unpaired) electrons. The molecular weight excluding hydrogens is 484 g/mol. The van der Waals surface area contributed by atoms with E-state index in [4.69, 9.17) is 21.1 Å². The molecule has 0 unspecified atom stereocenters. The smallest absolute Gasteiger partial charge is 0.253 e. The molecule has 37 heavy (non-hydrogen) atoms. The molecule has 196 valence electrons. The Hall–Kier alpha value is -3.18. The molecule has 1 aliphatic rings. The molecule has 1 aliphatic heterocycles. The van der Waals surface area contributed by atoms with Gasteiger partial charge in [0.05, 0.1) is 6.61 Å². The molecular formula is C31H37ClN2O3. The second kappa shape index (κ2) is 11.5. The summed E-state index contributed by atoms with van der Waals surface area (Å²) in [5, 5.41) is 0.730. The zero-order valence-electron chi connectivity index (χ0n) is 22.5. The number of carbonyl (C=O) groups is 1. The maximum absolute atomic E-state index is 13.4. The Morgan fingerprint density at radius 1 is 0.919 bits per heavy atom. The van der Waals surface area contributed by atoms with Gasteiger partial charge >= 0.3 is 0 Å². The van der Waals surface area contributed by atoms with E-state index in [1.807, 2.05) is 66.4 Å². The molecule has 0 spiro atoms. The van der Waals surface area contributed by atoms with Gasteiger partial charge in [-0.25, -0.2) is 0 Å². The van der Waals surface area contributed by atoms with Gasteiger partial charge in [-0.2, -0.15) is 0 Å². The maximum Gasteiger partial charge on any atom is 0.253 e. The minimum absolute atomic E-state index is 0.0295. The average molecular weight is 521 g/mol. The Balaban J connectivity index is 1.48. The van der Waals surface area contributed by atoms with Crippen molar-refractivity contribution in [2.24, 2.45) is 0 Å². The van der Waals surface area contributed by atoms with E-state index < -0.39 is 0 Å². The molecule has 0 atom stereocenters. The fourth-order valence-corrected chi connectivity index (χ4v) is 4.91. The number of rotatable bonds is 7. The number of nitrogens with zero attached hydrogens (tertiary/aromatic N) is 2. The molecule has 1 fully saturated rings. The lowest BCUT2D eigenvalue weighted by Gasteiger charge is -2.37. The van der Waals surface area contributed by atoms with Crippen molar-refractivity contribution < 1.29 is 14.3 Å². The normalized spacial score (nSPS) is 14.0. The van der Waals surface area contributed by atoms with Crippen LogP contribution in [-0.4, -0.2) is 43.6 Å². The molecule has 0 bridgehead atoms. The van der Waals surface area contributed by atoms with Gasteiger partial charge in [0.15, 0.2) is 0 Å². The quantitative estimate of drug-likeness (QED) is 0.340. The van der Waals surface area contributed by atoms with Crippen LogP contribution in [0.25, 0.3) is 0 Å². The fraction of sp³-hybridized carbons (Fsp3) is 0.387. The highest BCUT2D eigenvalue weighted by molar-refractivity contribution is 6.30. The number of carbonyl (C=O) groups excluding carboxylic acids is 1. The monoisotopic (exact) mass is 520 g/mol. The number of hydrogen-bond donors (Lipinski definition) is 0. The molecule has 1 amide bonds. The molecule has 0 aliphatic carbocycles. The molecule has 3 aromatic carbocycles. The topological polar surface area (TPSA) is 42.0 Å². The first-order chi connectivity index (χ1) is 17.7. The largest absolute Gasteiger partial charge is 0.493 e. The van der Waals surface area contributed by atoms with E-state index in [1.54, 1.807) is 0 Å². The summed E-state index contributed by atoms with van der Waals surface area (Å²) in [6.07, 6.45) is 0. The number of anilines is 1. The number of aryl methyl sites for hydroxylation is 1. The number of piperazine rings is 1. The summed E-state index contributed by atoms with van der Waals surface area (Å²) < 4.78 is 12.1. The zero-order valence-corrected chi connectivity index (χ0v) is 23.3. The third-order valence-corrected chi connectivity index (χ3v) is 7.00. The average Bonchev–Trinajstić information content (AvgIpc) is 2.89. The highest BCUT2D eigenvalue weighted by Gasteiger charge is 2.24.